The quantitative estimate of drug-likeness (QED) is 0.751. The van der Waals surface area contributed by atoms with Gasteiger partial charge in [0.1, 0.15) is 0 Å². The number of anilines is 1. The first-order chi connectivity index (χ1) is 8.66. The molecule has 1 saturated heterocycles. The van der Waals surface area contributed by atoms with Crippen molar-refractivity contribution >= 4 is 5.69 Å². The second-order valence-electron chi connectivity index (χ2n) is 6.10. The van der Waals surface area contributed by atoms with Gasteiger partial charge in [-0.15, -0.1) is 0 Å². The first kappa shape index (κ1) is 13.5. The van der Waals surface area contributed by atoms with Gasteiger partial charge in [-0.2, -0.15) is 0 Å². The van der Waals surface area contributed by atoms with E-state index in [2.05, 4.69) is 43.9 Å². The molecule has 0 N–H and O–H groups in total. The van der Waals surface area contributed by atoms with Gasteiger partial charge in [-0.3, -0.25) is 0 Å². The van der Waals surface area contributed by atoms with Crippen LogP contribution in [0.2, 0.25) is 0 Å². The van der Waals surface area contributed by atoms with Crippen molar-refractivity contribution < 1.29 is 0 Å². The fraction of sp³-hybridized carbons (Fsp3) is 0.647. The molecule has 1 nitrogen and oxygen atoms in total. The Morgan fingerprint density at radius 1 is 1.11 bits per heavy atom. The summed E-state index contributed by atoms with van der Waals surface area (Å²) in [6.45, 7) is 9.35. The number of piperidine rings is 1. The molecule has 1 aromatic rings. The van der Waals surface area contributed by atoms with Crippen LogP contribution < -0.4 is 4.90 Å². The number of hydrogen-bond acceptors (Lipinski definition) is 1. The molecule has 0 bridgehead atoms. The Bertz CT molecular complexity index is 375. The van der Waals surface area contributed by atoms with Gasteiger partial charge in [0, 0.05) is 18.8 Å². The zero-order valence-electron chi connectivity index (χ0n) is 12.2. The third-order valence-corrected chi connectivity index (χ3v) is 3.97. The van der Waals surface area contributed by atoms with Crippen molar-refractivity contribution in [2.45, 2.75) is 52.9 Å². The summed E-state index contributed by atoms with van der Waals surface area (Å²) in [5.41, 5.74) is 4.42. The second-order valence-corrected chi connectivity index (χ2v) is 6.10. The van der Waals surface area contributed by atoms with Crippen LogP contribution in [0.25, 0.3) is 0 Å². The lowest BCUT2D eigenvalue weighted by Crippen LogP contribution is -2.29. The predicted molar refractivity (Wildman–Crippen MR) is 80.4 cm³/mol. The molecule has 1 fully saturated rings. The van der Waals surface area contributed by atoms with E-state index in [1.165, 1.54) is 62.0 Å². The molecule has 0 radical (unpaired) electrons. The van der Waals surface area contributed by atoms with Crippen LogP contribution in [0.1, 0.15) is 50.7 Å². The number of benzene rings is 1. The highest BCUT2D eigenvalue weighted by Crippen LogP contribution is 2.25. The van der Waals surface area contributed by atoms with Crippen LogP contribution in [-0.4, -0.2) is 13.1 Å². The van der Waals surface area contributed by atoms with E-state index in [0.29, 0.717) is 0 Å². The van der Waals surface area contributed by atoms with Crippen LogP contribution >= 0.6 is 0 Å². The summed E-state index contributed by atoms with van der Waals surface area (Å²) in [5, 5.41) is 0. The second kappa shape index (κ2) is 6.26. The van der Waals surface area contributed by atoms with Crippen LogP contribution in [0.3, 0.4) is 0 Å². The zero-order valence-corrected chi connectivity index (χ0v) is 12.2. The van der Waals surface area contributed by atoms with Gasteiger partial charge in [0.05, 0.1) is 0 Å². The van der Waals surface area contributed by atoms with Gasteiger partial charge in [-0.05, 0) is 62.1 Å². The maximum Gasteiger partial charge on any atom is 0.0396 e. The third kappa shape index (κ3) is 3.51. The molecule has 1 aliphatic rings. The monoisotopic (exact) mass is 245 g/mol. The minimum Gasteiger partial charge on any atom is -0.371 e. The van der Waals surface area contributed by atoms with Crippen LogP contribution in [-0.2, 0) is 6.42 Å². The average Bonchev–Trinajstić information content (AvgIpc) is 2.37. The van der Waals surface area contributed by atoms with E-state index in [-0.39, 0.29) is 0 Å². The summed E-state index contributed by atoms with van der Waals surface area (Å²) in [5.74, 6) is 0.798. The summed E-state index contributed by atoms with van der Waals surface area (Å²) < 4.78 is 0. The van der Waals surface area contributed by atoms with Crippen LogP contribution in [0.5, 0.6) is 0 Å². The van der Waals surface area contributed by atoms with E-state index in [1.54, 1.807) is 0 Å². The van der Waals surface area contributed by atoms with E-state index in [4.69, 9.17) is 0 Å². The Morgan fingerprint density at radius 3 is 2.44 bits per heavy atom. The van der Waals surface area contributed by atoms with E-state index in [1.807, 2.05) is 0 Å². The lowest BCUT2D eigenvalue weighted by molar-refractivity contribution is 0.576. The summed E-state index contributed by atoms with van der Waals surface area (Å²) in [6.07, 6.45) is 6.63. The molecular formula is C17H27N. The molecule has 18 heavy (non-hydrogen) atoms. The predicted octanol–water partition coefficient (Wildman–Crippen LogP) is 4.57. The molecular weight excluding hydrogens is 218 g/mol. The molecule has 1 aliphatic heterocycles. The molecule has 0 saturated carbocycles. The largest absolute Gasteiger partial charge is 0.371 e. The van der Waals surface area contributed by atoms with E-state index in [9.17, 15) is 0 Å². The molecule has 1 aromatic carbocycles. The summed E-state index contributed by atoms with van der Waals surface area (Å²) in [4.78, 5) is 2.56. The number of nitrogens with zero attached hydrogens (tertiary/aromatic N) is 1. The number of rotatable bonds is 4. The SMILES string of the molecule is Cc1cc(CCC(C)C)ccc1N1CCCCC1. The standard InChI is InChI=1S/C17H27N/c1-14(2)7-8-16-9-10-17(15(3)13-16)18-11-5-4-6-12-18/h9-10,13-14H,4-8,11-12H2,1-3H3. The van der Waals surface area contributed by atoms with E-state index in [0.717, 1.165) is 5.92 Å². The smallest absolute Gasteiger partial charge is 0.0396 e. The van der Waals surface area contributed by atoms with Crippen molar-refractivity contribution in [3.8, 4) is 0 Å². The highest BCUT2D eigenvalue weighted by atomic mass is 15.1. The van der Waals surface area contributed by atoms with Crippen LogP contribution in [0, 0.1) is 12.8 Å². The van der Waals surface area contributed by atoms with Crippen molar-refractivity contribution in [3.05, 3.63) is 29.3 Å². The van der Waals surface area contributed by atoms with Crippen LogP contribution in [0.15, 0.2) is 18.2 Å². The normalized spacial score (nSPS) is 16.3. The first-order valence-electron chi connectivity index (χ1n) is 7.51. The van der Waals surface area contributed by atoms with Crippen molar-refractivity contribution in [1.82, 2.24) is 0 Å². The van der Waals surface area contributed by atoms with Gasteiger partial charge in [0.2, 0.25) is 0 Å². The molecule has 1 heteroatoms. The Labute approximate surface area is 112 Å². The maximum absolute atomic E-state index is 2.56. The van der Waals surface area contributed by atoms with Gasteiger partial charge in [-0.25, -0.2) is 0 Å². The molecule has 1 heterocycles. The minimum absolute atomic E-state index is 0.798. The van der Waals surface area contributed by atoms with E-state index < -0.39 is 0 Å². The van der Waals surface area contributed by atoms with Crippen molar-refractivity contribution in [3.63, 3.8) is 0 Å². The van der Waals surface area contributed by atoms with Gasteiger partial charge < -0.3 is 4.90 Å². The summed E-state index contributed by atoms with van der Waals surface area (Å²) in [7, 11) is 0. The average molecular weight is 245 g/mol. The van der Waals surface area contributed by atoms with Crippen LogP contribution in [0.4, 0.5) is 5.69 Å². The number of aryl methyl sites for hydroxylation is 2. The highest BCUT2D eigenvalue weighted by Gasteiger charge is 2.12. The van der Waals surface area contributed by atoms with Gasteiger partial charge in [0.25, 0.3) is 0 Å². The third-order valence-electron chi connectivity index (χ3n) is 3.97. The fourth-order valence-corrected chi connectivity index (χ4v) is 2.82. The molecule has 100 valence electrons. The Morgan fingerprint density at radius 2 is 1.83 bits per heavy atom. The summed E-state index contributed by atoms with van der Waals surface area (Å²) >= 11 is 0. The molecule has 0 amide bonds. The first-order valence-corrected chi connectivity index (χ1v) is 7.51. The molecule has 0 aromatic heterocycles. The topological polar surface area (TPSA) is 3.24 Å². The van der Waals surface area contributed by atoms with Crippen molar-refractivity contribution in [2.24, 2.45) is 5.92 Å². The Hall–Kier alpha value is -0.980. The molecule has 2 rings (SSSR count). The molecule has 0 atom stereocenters. The van der Waals surface area contributed by atoms with Gasteiger partial charge in [0.15, 0.2) is 0 Å². The lowest BCUT2D eigenvalue weighted by Gasteiger charge is -2.30. The van der Waals surface area contributed by atoms with Gasteiger partial charge >= 0.3 is 0 Å². The van der Waals surface area contributed by atoms with Gasteiger partial charge in [-0.1, -0.05) is 26.0 Å². The summed E-state index contributed by atoms with van der Waals surface area (Å²) in [6, 6.07) is 7.07. The fourth-order valence-electron chi connectivity index (χ4n) is 2.82. The highest BCUT2D eigenvalue weighted by molar-refractivity contribution is 5.54. The molecule has 0 aliphatic carbocycles. The van der Waals surface area contributed by atoms with Crippen molar-refractivity contribution in [1.29, 1.82) is 0 Å². The Balaban J connectivity index is 2.04. The molecule has 0 spiro atoms. The number of hydrogen-bond donors (Lipinski definition) is 0. The minimum atomic E-state index is 0.798. The van der Waals surface area contributed by atoms with E-state index >= 15 is 0 Å². The maximum atomic E-state index is 2.56. The molecule has 0 unspecified atom stereocenters. The Kier molecular flexibility index (Phi) is 4.68. The van der Waals surface area contributed by atoms with Crippen molar-refractivity contribution in [2.75, 3.05) is 18.0 Å². The zero-order chi connectivity index (χ0) is 13.0. The lowest BCUT2D eigenvalue weighted by atomic mass is 9.99.